The summed E-state index contributed by atoms with van der Waals surface area (Å²) >= 11 is 0. The first-order chi connectivity index (χ1) is 40.0. The lowest BCUT2D eigenvalue weighted by Gasteiger charge is -2.12. The average molecular weight is 1030 g/mol. The van der Waals surface area contributed by atoms with Gasteiger partial charge in [0.25, 0.3) is 0 Å². The maximum absolute atomic E-state index is 10.7. The summed E-state index contributed by atoms with van der Waals surface area (Å²) < 4.78 is 7.15. The van der Waals surface area contributed by atoms with Crippen molar-refractivity contribution in [2.75, 3.05) is 0 Å². The van der Waals surface area contributed by atoms with Gasteiger partial charge in [0.2, 0.25) is 0 Å². The SMILES string of the molecule is [C-]#[N+]c1cccc(-c2cc(-c3ccc(-c4ccc(-c5ccc(-n6c7ccc(-n8c9ccccc9c9ccccc98)cc7c7cc(-n8c9ccccc9c9ccccc98)ccc76)cc5)cc4C#N)cc3)nc(-c3cccc([N+]#[C-])c3)n2)c1. The zero-order valence-electron chi connectivity index (χ0n) is 43.3. The Morgan fingerprint density at radius 3 is 1.26 bits per heavy atom. The van der Waals surface area contributed by atoms with Gasteiger partial charge in [-0.05, 0) is 125 Å². The molecule has 374 valence electrons. The molecule has 8 nitrogen and oxygen atoms in total. The van der Waals surface area contributed by atoms with Crippen LogP contribution in [-0.2, 0) is 0 Å². The molecule has 0 radical (unpaired) electrons. The van der Waals surface area contributed by atoms with Gasteiger partial charge in [-0.1, -0.05) is 158 Å². The second-order valence-electron chi connectivity index (χ2n) is 20.3. The van der Waals surface area contributed by atoms with Gasteiger partial charge in [0, 0.05) is 60.5 Å². The van der Waals surface area contributed by atoms with Crippen LogP contribution in [0.4, 0.5) is 11.4 Å². The molecule has 0 bridgehead atoms. The van der Waals surface area contributed by atoms with Crippen LogP contribution in [0, 0.1) is 24.5 Å². The van der Waals surface area contributed by atoms with Crippen LogP contribution in [0.5, 0.6) is 0 Å². The molecule has 0 aliphatic heterocycles. The van der Waals surface area contributed by atoms with Gasteiger partial charge in [0.15, 0.2) is 17.2 Å². The van der Waals surface area contributed by atoms with Crippen molar-refractivity contribution in [3.63, 3.8) is 0 Å². The molecule has 0 spiro atoms. The molecule has 0 saturated carbocycles. The van der Waals surface area contributed by atoms with E-state index in [2.05, 4.69) is 193 Å². The molecule has 0 amide bonds. The Labute approximate surface area is 465 Å². The van der Waals surface area contributed by atoms with Gasteiger partial charge in [0.1, 0.15) is 0 Å². The Balaban J connectivity index is 0.799. The van der Waals surface area contributed by atoms with Crippen molar-refractivity contribution in [3.05, 3.63) is 283 Å². The van der Waals surface area contributed by atoms with E-state index in [-0.39, 0.29) is 0 Å². The molecule has 0 fully saturated rings. The number of rotatable bonds is 8. The monoisotopic (exact) mass is 1030 g/mol. The zero-order valence-corrected chi connectivity index (χ0v) is 43.3. The van der Waals surface area contributed by atoms with Gasteiger partial charge in [0.05, 0.1) is 69.3 Å². The van der Waals surface area contributed by atoms with E-state index in [4.69, 9.17) is 23.1 Å². The summed E-state index contributed by atoms with van der Waals surface area (Å²) in [6.45, 7) is 15.2. The van der Waals surface area contributed by atoms with Crippen LogP contribution in [0.3, 0.4) is 0 Å². The minimum atomic E-state index is 0.478. The van der Waals surface area contributed by atoms with Crippen molar-refractivity contribution in [1.29, 1.82) is 5.26 Å². The molecule has 15 rings (SSSR count). The highest BCUT2D eigenvalue weighted by Crippen LogP contribution is 2.41. The van der Waals surface area contributed by atoms with Crippen molar-refractivity contribution in [2.24, 2.45) is 0 Å². The fourth-order valence-corrected chi connectivity index (χ4v) is 12.0. The highest BCUT2D eigenvalue weighted by Gasteiger charge is 2.20. The van der Waals surface area contributed by atoms with Crippen LogP contribution in [0.2, 0.25) is 0 Å². The van der Waals surface area contributed by atoms with Gasteiger partial charge in [-0.2, -0.15) is 5.26 Å². The number of hydrogen-bond acceptors (Lipinski definition) is 3. The average Bonchev–Trinajstić information content (AvgIpc) is 4.40. The molecule has 0 aliphatic carbocycles. The smallest absolute Gasteiger partial charge is 0.187 e. The lowest BCUT2D eigenvalue weighted by molar-refractivity contribution is 1.16. The number of para-hydroxylation sites is 4. The molecule has 4 heterocycles. The predicted octanol–water partition coefficient (Wildman–Crippen LogP) is 19.1. The molecule has 0 aliphatic rings. The topological polar surface area (TPSA) is 73.1 Å². The Morgan fingerprint density at radius 2 is 0.741 bits per heavy atom. The molecule has 81 heavy (non-hydrogen) atoms. The van der Waals surface area contributed by atoms with E-state index in [9.17, 15) is 5.26 Å². The first kappa shape index (κ1) is 46.7. The quantitative estimate of drug-likeness (QED) is 0.142. The van der Waals surface area contributed by atoms with Gasteiger partial charge in [-0.25, -0.2) is 19.7 Å². The molecule has 0 atom stereocenters. The van der Waals surface area contributed by atoms with Crippen LogP contribution in [-0.4, -0.2) is 23.7 Å². The Bertz CT molecular complexity index is 4860. The van der Waals surface area contributed by atoms with E-state index in [0.717, 1.165) is 77.8 Å². The Morgan fingerprint density at radius 1 is 0.321 bits per heavy atom. The Kier molecular flexibility index (Phi) is 10.8. The summed E-state index contributed by atoms with van der Waals surface area (Å²) in [5, 5.41) is 17.9. The normalized spacial score (nSPS) is 11.4. The lowest BCUT2D eigenvalue weighted by Crippen LogP contribution is -1.96. The van der Waals surface area contributed by atoms with Crippen LogP contribution < -0.4 is 0 Å². The largest absolute Gasteiger partial charge is 0.309 e. The number of benzene rings is 11. The number of nitriles is 1. The maximum Gasteiger partial charge on any atom is 0.187 e. The predicted molar refractivity (Wildman–Crippen MR) is 329 cm³/mol. The first-order valence-electron chi connectivity index (χ1n) is 26.7. The molecule has 8 heteroatoms. The summed E-state index contributed by atoms with van der Waals surface area (Å²) in [4.78, 5) is 17.2. The molecular formula is C73H42N8. The van der Waals surface area contributed by atoms with Crippen molar-refractivity contribution in [2.45, 2.75) is 0 Å². The van der Waals surface area contributed by atoms with E-state index >= 15 is 0 Å². The van der Waals surface area contributed by atoms with E-state index in [1.165, 1.54) is 43.6 Å². The highest BCUT2D eigenvalue weighted by molar-refractivity contribution is 6.14. The standard InChI is InChI=1S/C73H42N8/c1-75-53-15-11-13-50(40-53)66-44-65(77-73(78-66)51-14-12-16-54(41-51)76-2)48-27-25-47(26-28-48)58-36-31-49(39-52(58)45-74)46-29-32-55(33-30-46)79-71-37-34-56(80-67-21-7-3-17-59(67)60-18-4-8-22-68(60)80)42-63(71)64-43-57(35-38-72(64)79)81-69-23-9-5-19-61(69)62-20-6-10-24-70(62)81/h3-44H. The minimum Gasteiger partial charge on any atom is -0.309 e. The summed E-state index contributed by atoms with van der Waals surface area (Å²) in [7, 11) is 0. The van der Waals surface area contributed by atoms with Gasteiger partial charge >= 0.3 is 0 Å². The Hall–Kier alpha value is -11.6. The van der Waals surface area contributed by atoms with Crippen LogP contribution in [0.15, 0.2) is 255 Å². The third kappa shape index (κ3) is 7.73. The van der Waals surface area contributed by atoms with Crippen molar-refractivity contribution >= 4 is 76.8 Å². The fourth-order valence-electron chi connectivity index (χ4n) is 12.0. The maximum atomic E-state index is 10.7. The van der Waals surface area contributed by atoms with E-state index in [1.807, 2.05) is 72.8 Å². The van der Waals surface area contributed by atoms with E-state index < -0.39 is 0 Å². The second kappa shape index (κ2) is 18.8. The zero-order chi connectivity index (χ0) is 54.1. The first-order valence-corrected chi connectivity index (χ1v) is 26.7. The van der Waals surface area contributed by atoms with Crippen LogP contribution in [0.25, 0.3) is 148 Å². The number of hydrogen-bond donors (Lipinski definition) is 0. The number of aromatic nitrogens is 5. The molecule has 4 aromatic heterocycles. The fraction of sp³-hybridized carbons (Fsp3) is 0. The van der Waals surface area contributed by atoms with E-state index in [0.29, 0.717) is 34.2 Å². The highest BCUT2D eigenvalue weighted by atomic mass is 15.0. The number of nitrogens with zero attached hydrogens (tertiary/aromatic N) is 8. The minimum absolute atomic E-state index is 0.478. The third-order valence-corrected chi connectivity index (χ3v) is 15.7. The molecule has 0 unspecified atom stereocenters. The third-order valence-electron chi connectivity index (χ3n) is 15.7. The summed E-state index contributed by atoms with van der Waals surface area (Å²) in [5.41, 5.74) is 19.1. The molecule has 0 saturated heterocycles. The molecule has 15 aromatic rings. The van der Waals surface area contributed by atoms with Crippen LogP contribution >= 0.6 is 0 Å². The molecular weight excluding hydrogens is 989 g/mol. The second-order valence-corrected chi connectivity index (χ2v) is 20.3. The van der Waals surface area contributed by atoms with Crippen molar-refractivity contribution in [1.82, 2.24) is 23.7 Å². The van der Waals surface area contributed by atoms with Gasteiger partial charge < -0.3 is 13.7 Å². The van der Waals surface area contributed by atoms with Crippen molar-refractivity contribution in [3.8, 4) is 79.3 Å². The molecule has 0 N–H and O–H groups in total. The van der Waals surface area contributed by atoms with Crippen molar-refractivity contribution < 1.29 is 0 Å². The summed E-state index contributed by atoms with van der Waals surface area (Å²) in [5.74, 6) is 0.478. The molecule has 11 aromatic carbocycles. The van der Waals surface area contributed by atoms with Gasteiger partial charge in [-0.15, -0.1) is 0 Å². The van der Waals surface area contributed by atoms with E-state index in [1.54, 1.807) is 18.2 Å². The summed E-state index contributed by atoms with van der Waals surface area (Å²) in [6, 6.07) is 90.3. The summed E-state index contributed by atoms with van der Waals surface area (Å²) in [6.07, 6.45) is 0. The lowest BCUT2D eigenvalue weighted by atomic mass is 9.94. The van der Waals surface area contributed by atoms with Crippen LogP contribution in [0.1, 0.15) is 5.56 Å². The number of fused-ring (bicyclic) bond motifs is 9. The van der Waals surface area contributed by atoms with Gasteiger partial charge in [-0.3, -0.25) is 0 Å².